The van der Waals surface area contributed by atoms with E-state index in [1.165, 1.54) is 10.6 Å². The molecule has 0 bridgehead atoms. The first-order valence-corrected chi connectivity index (χ1v) is 12.3. The van der Waals surface area contributed by atoms with Crippen LogP contribution in [0.2, 0.25) is 0 Å². The third kappa shape index (κ3) is 5.21. The standard InChI is InChI=1S/C20H31N7O3S/c1-6-25(12-15-10-22-26(7-2)13-15)19(28)17-11-21-20(24(3)4)23-18(17)16-8-9-27(14-16)31(5,29)30/h10-11,13,16H,6-9,12,14H2,1-5H3. The zero-order valence-corrected chi connectivity index (χ0v) is 19.6. The molecule has 1 aliphatic heterocycles. The summed E-state index contributed by atoms with van der Waals surface area (Å²) in [5.74, 6) is 0.179. The van der Waals surface area contributed by atoms with Crippen molar-refractivity contribution < 1.29 is 13.2 Å². The van der Waals surface area contributed by atoms with Crippen LogP contribution in [0.3, 0.4) is 0 Å². The lowest BCUT2D eigenvalue weighted by Gasteiger charge is -2.23. The minimum absolute atomic E-state index is 0.156. The maximum absolute atomic E-state index is 13.5. The quantitative estimate of drug-likeness (QED) is 0.596. The molecular formula is C20H31N7O3S. The minimum Gasteiger partial charge on any atom is -0.347 e. The fourth-order valence-electron chi connectivity index (χ4n) is 3.71. The second kappa shape index (κ2) is 9.31. The van der Waals surface area contributed by atoms with E-state index in [0.29, 0.717) is 49.8 Å². The largest absolute Gasteiger partial charge is 0.347 e. The maximum Gasteiger partial charge on any atom is 0.257 e. The van der Waals surface area contributed by atoms with Crippen LogP contribution in [-0.4, -0.2) is 83.3 Å². The van der Waals surface area contributed by atoms with Crippen LogP contribution in [0, 0.1) is 0 Å². The highest BCUT2D eigenvalue weighted by atomic mass is 32.2. The molecule has 170 valence electrons. The van der Waals surface area contributed by atoms with E-state index in [0.717, 1.165) is 12.1 Å². The summed E-state index contributed by atoms with van der Waals surface area (Å²) < 4.78 is 27.3. The summed E-state index contributed by atoms with van der Waals surface area (Å²) in [7, 11) is 0.380. The Labute approximate surface area is 183 Å². The van der Waals surface area contributed by atoms with Crippen LogP contribution in [0.4, 0.5) is 5.95 Å². The van der Waals surface area contributed by atoms with Crippen molar-refractivity contribution in [3.63, 3.8) is 0 Å². The summed E-state index contributed by atoms with van der Waals surface area (Å²) in [5.41, 5.74) is 1.99. The Morgan fingerprint density at radius 1 is 1.26 bits per heavy atom. The average Bonchev–Trinajstić information content (AvgIpc) is 3.40. The van der Waals surface area contributed by atoms with Crippen molar-refractivity contribution in [2.24, 2.45) is 0 Å². The molecule has 0 radical (unpaired) electrons. The van der Waals surface area contributed by atoms with Gasteiger partial charge in [0.15, 0.2) is 0 Å². The van der Waals surface area contributed by atoms with Crippen molar-refractivity contribution >= 4 is 21.9 Å². The Bertz CT molecular complexity index is 1040. The second-order valence-electron chi connectivity index (χ2n) is 7.99. The predicted molar refractivity (Wildman–Crippen MR) is 118 cm³/mol. The molecule has 0 saturated carbocycles. The highest BCUT2D eigenvalue weighted by Crippen LogP contribution is 2.31. The third-order valence-corrected chi connectivity index (χ3v) is 6.77. The van der Waals surface area contributed by atoms with Crippen molar-refractivity contribution in [1.82, 2.24) is 29.0 Å². The van der Waals surface area contributed by atoms with E-state index in [1.807, 2.05) is 38.8 Å². The second-order valence-corrected chi connectivity index (χ2v) is 9.98. The van der Waals surface area contributed by atoms with Crippen LogP contribution in [0.25, 0.3) is 0 Å². The zero-order chi connectivity index (χ0) is 22.8. The van der Waals surface area contributed by atoms with Gasteiger partial charge in [0.25, 0.3) is 5.91 Å². The van der Waals surface area contributed by atoms with Crippen LogP contribution >= 0.6 is 0 Å². The number of nitrogens with zero attached hydrogens (tertiary/aromatic N) is 7. The number of carbonyl (C=O) groups excluding carboxylic acids is 1. The van der Waals surface area contributed by atoms with Crippen molar-refractivity contribution in [2.45, 2.75) is 39.3 Å². The fourth-order valence-corrected chi connectivity index (χ4v) is 4.60. The minimum atomic E-state index is -3.29. The maximum atomic E-state index is 13.5. The van der Waals surface area contributed by atoms with E-state index in [-0.39, 0.29) is 11.8 Å². The lowest BCUT2D eigenvalue weighted by molar-refractivity contribution is 0.0750. The van der Waals surface area contributed by atoms with Gasteiger partial charge in [-0.25, -0.2) is 22.7 Å². The number of anilines is 1. The smallest absolute Gasteiger partial charge is 0.257 e. The van der Waals surface area contributed by atoms with Gasteiger partial charge in [0.1, 0.15) is 0 Å². The Balaban J connectivity index is 1.92. The van der Waals surface area contributed by atoms with Gasteiger partial charge in [0.2, 0.25) is 16.0 Å². The van der Waals surface area contributed by atoms with Crippen LogP contribution < -0.4 is 4.90 Å². The van der Waals surface area contributed by atoms with E-state index in [2.05, 4.69) is 15.1 Å². The van der Waals surface area contributed by atoms with Gasteiger partial charge < -0.3 is 9.80 Å². The Morgan fingerprint density at radius 3 is 2.55 bits per heavy atom. The molecule has 1 amide bonds. The number of hydrogen-bond donors (Lipinski definition) is 0. The third-order valence-electron chi connectivity index (χ3n) is 5.50. The van der Waals surface area contributed by atoms with Gasteiger partial charge in [-0.15, -0.1) is 0 Å². The van der Waals surface area contributed by atoms with Crippen molar-refractivity contribution in [2.75, 3.05) is 44.9 Å². The van der Waals surface area contributed by atoms with Crippen LogP contribution in [0.1, 0.15) is 47.8 Å². The lowest BCUT2D eigenvalue weighted by Crippen LogP contribution is -2.32. The average molecular weight is 450 g/mol. The highest BCUT2D eigenvalue weighted by molar-refractivity contribution is 7.88. The Hall–Kier alpha value is -2.53. The van der Waals surface area contributed by atoms with Gasteiger partial charge in [0, 0.05) is 70.7 Å². The zero-order valence-electron chi connectivity index (χ0n) is 18.8. The molecule has 10 nitrogen and oxygen atoms in total. The molecule has 1 saturated heterocycles. The molecule has 0 N–H and O–H groups in total. The van der Waals surface area contributed by atoms with Crippen molar-refractivity contribution in [3.8, 4) is 0 Å². The number of aromatic nitrogens is 4. The number of sulfonamides is 1. The molecule has 1 aliphatic rings. The van der Waals surface area contributed by atoms with Crippen LogP contribution in [0.15, 0.2) is 18.6 Å². The SMILES string of the molecule is CCN(Cc1cnn(CC)c1)C(=O)c1cnc(N(C)C)nc1C1CCN(S(C)(=O)=O)C1. The first kappa shape index (κ1) is 23.1. The number of carbonyl (C=O) groups is 1. The molecule has 0 aliphatic carbocycles. The van der Waals surface area contributed by atoms with E-state index in [9.17, 15) is 13.2 Å². The molecule has 0 spiro atoms. The molecule has 0 aromatic carbocycles. The summed E-state index contributed by atoms with van der Waals surface area (Å²) in [5, 5.41) is 4.28. The van der Waals surface area contributed by atoms with E-state index in [1.54, 1.807) is 22.2 Å². The van der Waals surface area contributed by atoms with Gasteiger partial charge in [0.05, 0.1) is 23.7 Å². The fraction of sp³-hybridized carbons (Fsp3) is 0.600. The Kier molecular flexibility index (Phi) is 6.95. The van der Waals surface area contributed by atoms with Gasteiger partial charge in [-0.05, 0) is 20.3 Å². The first-order valence-electron chi connectivity index (χ1n) is 10.4. The number of rotatable bonds is 8. The van der Waals surface area contributed by atoms with Gasteiger partial charge in [-0.2, -0.15) is 5.10 Å². The van der Waals surface area contributed by atoms with Crippen LogP contribution in [0.5, 0.6) is 0 Å². The van der Waals surface area contributed by atoms with E-state index < -0.39 is 10.0 Å². The molecule has 2 aromatic heterocycles. The molecule has 3 heterocycles. The molecule has 1 atom stereocenters. The molecule has 1 fully saturated rings. The summed E-state index contributed by atoms with van der Waals surface area (Å²) in [6.07, 6.45) is 7.10. The van der Waals surface area contributed by atoms with E-state index >= 15 is 0 Å². The topological polar surface area (TPSA) is 105 Å². The molecule has 1 unspecified atom stereocenters. The predicted octanol–water partition coefficient (Wildman–Crippen LogP) is 1.17. The summed E-state index contributed by atoms with van der Waals surface area (Å²) in [6.45, 7) is 6.40. The van der Waals surface area contributed by atoms with E-state index in [4.69, 9.17) is 0 Å². The summed E-state index contributed by atoms with van der Waals surface area (Å²) in [4.78, 5) is 26.0. The molecular weight excluding hydrogens is 418 g/mol. The summed E-state index contributed by atoms with van der Waals surface area (Å²) >= 11 is 0. The van der Waals surface area contributed by atoms with Crippen molar-refractivity contribution in [1.29, 1.82) is 0 Å². The Morgan fingerprint density at radius 2 is 2.00 bits per heavy atom. The molecule has 31 heavy (non-hydrogen) atoms. The first-order chi connectivity index (χ1) is 14.6. The number of hydrogen-bond acceptors (Lipinski definition) is 7. The molecule has 11 heteroatoms. The molecule has 3 rings (SSSR count). The van der Waals surface area contributed by atoms with Gasteiger partial charge >= 0.3 is 0 Å². The number of aryl methyl sites for hydroxylation is 1. The highest BCUT2D eigenvalue weighted by Gasteiger charge is 2.34. The molecule has 2 aromatic rings. The number of amides is 1. The lowest BCUT2D eigenvalue weighted by atomic mass is 9.99. The van der Waals surface area contributed by atoms with Gasteiger partial charge in [-0.3, -0.25) is 9.48 Å². The normalized spacial score (nSPS) is 17.1. The summed E-state index contributed by atoms with van der Waals surface area (Å²) in [6, 6.07) is 0. The van der Waals surface area contributed by atoms with Crippen LogP contribution in [-0.2, 0) is 23.1 Å². The monoisotopic (exact) mass is 449 g/mol. The van der Waals surface area contributed by atoms with Gasteiger partial charge in [-0.1, -0.05) is 0 Å². The van der Waals surface area contributed by atoms with Crippen molar-refractivity contribution in [3.05, 3.63) is 35.4 Å².